The minimum absolute atomic E-state index is 0.0642. The predicted octanol–water partition coefficient (Wildman–Crippen LogP) is 3.68. The van der Waals surface area contributed by atoms with Crippen molar-refractivity contribution >= 4 is 27.3 Å². The van der Waals surface area contributed by atoms with Crippen molar-refractivity contribution in [1.82, 2.24) is 5.43 Å². The number of thiophene rings is 1. The third-order valence-electron chi connectivity index (χ3n) is 2.92. The Bertz CT molecular complexity index is 522. The van der Waals surface area contributed by atoms with Gasteiger partial charge in [-0.05, 0) is 54.1 Å². The lowest BCUT2D eigenvalue weighted by molar-refractivity contribution is 0.633. The van der Waals surface area contributed by atoms with E-state index in [1.165, 1.54) is 21.6 Å². The molecule has 2 aromatic rings. The van der Waals surface area contributed by atoms with Crippen LogP contribution in [0.3, 0.4) is 0 Å². The lowest BCUT2D eigenvalue weighted by Gasteiger charge is -2.19. The van der Waals surface area contributed by atoms with Crippen molar-refractivity contribution in [2.24, 2.45) is 5.84 Å². The summed E-state index contributed by atoms with van der Waals surface area (Å²) in [5.41, 5.74) is 6.62. The zero-order valence-electron chi connectivity index (χ0n) is 9.83. The van der Waals surface area contributed by atoms with E-state index in [0.29, 0.717) is 0 Å². The lowest BCUT2D eigenvalue weighted by Crippen LogP contribution is -2.29. The fraction of sp³-hybridized carbons (Fsp3) is 0.231. The van der Waals surface area contributed by atoms with Crippen LogP contribution in [0.1, 0.15) is 27.6 Å². The molecule has 0 radical (unpaired) electrons. The molecule has 1 aromatic heterocycles. The van der Waals surface area contributed by atoms with Crippen LogP contribution in [0.2, 0.25) is 0 Å². The molecule has 0 saturated carbocycles. The molecule has 1 aromatic carbocycles. The molecular formula is C13H15BrN2S. The van der Waals surface area contributed by atoms with E-state index < -0.39 is 0 Å². The van der Waals surface area contributed by atoms with E-state index in [4.69, 9.17) is 5.84 Å². The summed E-state index contributed by atoms with van der Waals surface area (Å²) in [6.45, 7) is 4.23. The van der Waals surface area contributed by atoms with Gasteiger partial charge in [0.2, 0.25) is 0 Å². The van der Waals surface area contributed by atoms with Crippen molar-refractivity contribution < 1.29 is 0 Å². The highest BCUT2D eigenvalue weighted by molar-refractivity contribution is 9.10. The molecule has 1 heterocycles. The maximum absolute atomic E-state index is 5.71. The molecule has 0 saturated heterocycles. The molecule has 4 heteroatoms. The molecule has 2 nitrogen and oxygen atoms in total. The van der Waals surface area contributed by atoms with Gasteiger partial charge < -0.3 is 0 Å². The van der Waals surface area contributed by atoms with Crippen LogP contribution in [0.15, 0.2) is 34.1 Å². The summed E-state index contributed by atoms with van der Waals surface area (Å²) in [4.78, 5) is 1.30. The lowest BCUT2D eigenvalue weighted by atomic mass is 9.96. The minimum atomic E-state index is 0.0642. The highest BCUT2D eigenvalue weighted by Gasteiger charge is 2.17. The van der Waals surface area contributed by atoms with Gasteiger partial charge in [-0.15, -0.1) is 11.3 Å². The average molecular weight is 311 g/mol. The highest BCUT2D eigenvalue weighted by atomic mass is 79.9. The normalized spacial score (nSPS) is 12.7. The van der Waals surface area contributed by atoms with Gasteiger partial charge in [0.25, 0.3) is 0 Å². The average Bonchev–Trinajstić information content (AvgIpc) is 2.69. The second kappa shape index (κ2) is 5.31. The number of benzene rings is 1. The summed E-state index contributed by atoms with van der Waals surface area (Å²) in [7, 11) is 0. The summed E-state index contributed by atoms with van der Waals surface area (Å²) in [5, 5.41) is 2.10. The van der Waals surface area contributed by atoms with Crippen LogP contribution >= 0.6 is 27.3 Å². The Morgan fingerprint density at radius 3 is 2.53 bits per heavy atom. The Labute approximate surface area is 114 Å². The van der Waals surface area contributed by atoms with Crippen LogP contribution < -0.4 is 11.3 Å². The number of nitrogens with one attached hydrogen (secondary N) is 1. The Morgan fingerprint density at radius 1 is 1.24 bits per heavy atom. The molecule has 0 spiro atoms. The van der Waals surface area contributed by atoms with Gasteiger partial charge >= 0.3 is 0 Å². The number of nitrogens with two attached hydrogens (primary N) is 1. The maximum Gasteiger partial charge on any atom is 0.0723 e. The maximum atomic E-state index is 5.71. The second-order valence-electron chi connectivity index (χ2n) is 4.03. The molecular weight excluding hydrogens is 296 g/mol. The minimum Gasteiger partial charge on any atom is -0.271 e. The zero-order valence-corrected chi connectivity index (χ0v) is 12.2. The standard InChI is InChI=1S/C13H15BrN2S/c1-8-7-10(14)3-4-11(8)13(16-15)12-5-6-17-9(12)2/h3-7,13,16H,15H2,1-2H3. The highest BCUT2D eigenvalue weighted by Crippen LogP contribution is 2.30. The molecule has 2 rings (SSSR count). The van der Waals surface area contributed by atoms with Crippen molar-refractivity contribution in [3.63, 3.8) is 0 Å². The number of hydrazine groups is 1. The first-order valence-corrected chi connectivity index (χ1v) is 7.07. The van der Waals surface area contributed by atoms with Crippen LogP contribution in [0, 0.1) is 13.8 Å². The fourth-order valence-corrected chi connectivity index (χ4v) is 3.22. The van der Waals surface area contributed by atoms with Crippen molar-refractivity contribution in [1.29, 1.82) is 0 Å². The van der Waals surface area contributed by atoms with E-state index in [9.17, 15) is 0 Å². The van der Waals surface area contributed by atoms with Gasteiger partial charge in [-0.2, -0.15) is 0 Å². The number of aryl methyl sites for hydroxylation is 2. The van der Waals surface area contributed by atoms with Crippen molar-refractivity contribution in [2.75, 3.05) is 0 Å². The molecule has 0 aliphatic heterocycles. The van der Waals surface area contributed by atoms with Gasteiger partial charge in [0.1, 0.15) is 0 Å². The van der Waals surface area contributed by atoms with Crippen molar-refractivity contribution in [2.45, 2.75) is 19.9 Å². The molecule has 0 fully saturated rings. The van der Waals surface area contributed by atoms with E-state index in [2.05, 4.69) is 58.8 Å². The molecule has 0 bridgehead atoms. The molecule has 0 amide bonds. The zero-order chi connectivity index (χ0) is 12.4. The quantitative estimate of drug-likeness (QED) is 0.670. The molecule has 17 heavy (non-hydrogen) atoms. The summed E-state index contributed by atoms with van der Waals surface area (Å²) in [6.07, 6.45) is 0. The topological polar surface area (TPSA) is 38.0 Å². The van der Waals surface area contributed by atoms with Gasteiger partial charge in [-0.25, -0.2) is 5.43 Å². The van der Waals surface area contributed by atoms with Crippen LogP contribution in [-0.4, -0.2) is 0 Å². The largest absolute Gasteiger partial charge is 0.271 e. The summed E-state index contributed by atoms with van der Waals surface area (Å²) < 4.78 is 1.09. The molecule has 1 unspecified atom stereocenters. The van der Waals surface area contributed by atoms with E-state index in [0.717, 1.165) is 4.47 Å². The number of halogens is 1. The third-order valence-corrected chi connectivity index (χ3v) is 4.27. The Balaban J connectivity index is 2.46. The first-order valence-electron chi connectivity index (χ1n) is 5.39. The molecule has 0 aliphatic rings. The fourth-order valence-electron chi connectivity index (χ4n) is 2.00. The van der Waals surface area contributed by atoms with Gasteiger partial charge in [0.15, 0.2) is 0 Å². The molecule has 3 N–H and O–H groups in total. The van der Waals surface area contributed by atoms with Gasteiger partial charge in [0, 0.05) is 9.35 Å². The molecule has 90 valence electrons. The van der Waals surface area contributed by atoms with Crippen molar-refractivity contribution in [3.05, 3.63) is 55.7 Å². The summed E-state index contributed by atoms with van der Waals surface area (Å²) >= 11 is 5.23. The van der Waals surface area contributed by atoms with Gasteiger partial charge in [-0.1, -0.05) is 22.0 Å². The van der Waals surface area contributed by atoms with E-state index >= 15 is 0 Å². The number of hydrogen-bond donors (Lipinski definition) is 2. The smallest absolute Gasteiger partial charge is 0.0723 e. The van der Waals surface area contributed by atoms with E-state index in [1.807, 2.05) is 6.07 Å². The van der Waals surface area contributed by atoms with Crippen LogP contribution in [-0.2, 0) is 0 Å². The van der Waals surface area contributed by atoms with E-state index in [-0.39, 0.29) is 6.04 Å². The Hall–Kier alpha value is -0.680. The predicted molar refractivity (Wildman–Crippen MR) is 77.1 cm³/mol. The molecule has 0 aliphatic carbocycles. The summed E-state index contributed by atoms with van der Waals surface area (Å²) in [6, 6.07) is 8.47. The number of hydrogen-bond acceptors (Lipinski definition) is 3. The summed E-state index contributed by atoms with van der Waals surface area (Å²) in [5.74, 6) is 5.71. The Kier molecular flexibility index (Phi) is 3.99. The first-order chi connectivity index (χ1) is 8.13. The van der Waals surface area contributed by atoms with Gasteiger partial charge in [-0.3, -0.25) is 5.84 Å². The Morgan fingerprint density at radius 2 is 2.00 bits per heavy atom. The third kappa shape index (κ3) is 2.60. The monoisotopic (exact) mass is 310 g/mol. The van der Waals surface area contributed by atoms with Crippen LogP contribution in [0.5, 0.6) is 0 Å². The van der Waals surface area contributed by atoms with Crippen molar-refractivity contribution in [3.8, 4) is 0 Å². The number of rotatable bonds is 3. The SMILES string of the molecule is Cc1cc(Br)ccc1C(NN)c1ccsc1C. The van der Waals surface area contributed by atoms with Crippen LogP contribution in [0.4, 0.5) is 0 Å². The molecule has 1 atom stereocenters. The van der Waals surface area contributed by atoms with Gasteiger partial charge in [0.05, 0.1) is 6.04 Å². The first kappa shape index (κ1) is 12.8. The second-order valence-corrected chi connectivity index (χ2v) is 6.07. The van der Waals surface area contributed by atoms with E-state index in [1.54, 1.807) is 11.3 Å². The van der Waals surface area contributed by atoms with Crippen LogP contribution in [0.25, 0.3) is 0 Å².